The molecule has 3 rings (SSSR count). The number of rotatable bonds is 2. The van der Waals surface area contributed by atoms with E-state index < -0.39 is 0 Å². The van der Waals surface area contributed by atoms with Gasteiger partial charge in [-0.15, -0.1) is 0 Å². The van der Waals surface area contributed by atoms with E-state index in [1.54, 1.807) is 0 Å². The van der Waals surface area contributed by atoms with Crippen LogP contribution in [0.15, 0.2) is 54.2 Å². The van der Waals surface area contributed by atoms with E-state index in [-0.39, 0.29) is 6.03 Å². The fourth-order valence-corrected chi connectivity index (χ4v) is 2.70. The lowest BCUT2D eigenvalue weighted by Gasteiger charge is -2.12. The van der Waals surface area contributed by atoms with Crippen molar-refractivity contribution in [2.45, 2.75) is 20.3 Å². The lowest BCUT2D eigenvalue weighted by molar-refractivity contribution is 0.254. The summed E-state index contributed by atoms with van der Waals surface area (Å²) in [6, 6.07) is 14.2. The highest BCUT2D eigenvalue weighted by molar-refractivity contribution is 5.97. The minimum atomic E-state index is -0.205. The maximum atomic E-state index is 12.0. The summed E-state index contributed by atoms with van der Waals surface area (Å²) in [5.41, 5.74) is 6.62. The van der Waals surface area contributed by atoms with Crippen LogP contribution in [0.4, 0.5) is 10.5 Å². The molecular weight excluding hydrogens is 260 g/mol. The number of nitrogens with one attached hydrogen (secondary N) is 2. The van der Waals surface area contributed by atoms with Gasteiger partial charge in [0, 0.05) is 11.3 Å². The zero-order valence-electron chi connectivity index (χ0n) is 12.2. The molecular formula is C18H18N2O. The van der Waals surface area contributed by atoms with Gasteiger partial charge in [0.1, 0.15) is 0 Å². The third-order valence-corrected chi connectivity index (χ3v) is 3.81. The van der Waals surface area contributed by atoms with Crippen molar-refractivity contribution in [3.63, 3.8) is 0 Å². The van der Waals surface area contributed by atoms with E-state index in [9.17, 15) is 4.79 Å². The van der Waals surface area contributed by atoms with Crippen LogP contribution in [-0.4, -0.2) is 6.03 Å². The van der Waals surface area contributed by atoms with Crippen molar-refractivity contribution in [1.29, 1.82) is 0 Å². The Labute approximate surface area is 124 Å². The van der Waals surface area contributed by atoms with Gasteiger partial charge in [-0.2, -0.15) is 0 Å². The van der Waals surface area contributed by atoms with Gasteiger partial charge in [0.2, 0.25) is 0 Å². The third-order valence-electron chi connectivity index (χ3n) is 3.81. The Kier molecular flexibility index (Phi) is 3.48. The Bertz CT molecular complexity index is 732. The van der Waals surface area contributed by atoms with Crippen LogP contribution in [0, 0.1) is 0 Å². The Morgan fingerprint density at radius 1 is 1.10 bits per heavy atom. The molecule has 2 aromatic carbocycles. The summed E-state index contributed by atoms with van der Waals surface area (Å²) >= 11 is 0. The number of amides is 2. The molecule has 0 saturated heterocycles. The van der Waals surface area contributed by atoms with Gasteiger partial charge in [-0.05, 0) is 43.0 Å². The van der Waals surface area contributed by atoms with Gasteiger partial charge in [0.15, 0.2) is 0 Å². The third kappa shape index (κ3) is 2.55. The summed E-state index contributed by atoms with van der Waals surface area (Å²) in [6.45, 7) is 3.76. The molecule has 0 radical (unpaired) electrons. The van der Waals surface area contributed by atoms with Gasteiger partial charge in [-0.1, -0.05) is 42.5 Å². The highest BCUT2D eigenvalue weighted by Crippen LogP contribution is 2.41. The van der Waals surface area contributed by atoms with Crippen molar-refractivity contribution in [3.8, 4) is 11.1 Å². The van der Waals surface area contributed by atoms with Crippen molar-refractivity contribution < 1.29 is 4.79 Å². The first-order chi connectivity index (χ1) is 10.2. The molecule has 21 heavy (non-hydrogen) atoms. The monoisotopic (exact) mass is 278 g/mol. The Morgan fingerprint density at radius 2 is 1.86 bits per heavy atom. The van der Waals surface area contributed by atoms with Crippen LogP contribution in [0.5, 0.6) is 0 Å². The molecule has 0 bridgehead atoms. The zero-order valence-corrected chi connectivity index (χ0v) is 12.2. The highest BCUT2D eigenvalue weighted by Gasteiger charge is 2.21. The van der Waals surface area contributed by atoms with Gasteiger partial charge in [-0.3, -0.25) is 0 Å². The minimum absolute atomic E-state index is 0.205. The summed E-state index contributed by atoms with van der Waals surface area (Å²) in [5, 5.41) is 5.76. The molecule has 3 nitrogen and oxygen atoms in total. The second kappa shape index (κ2) is 5.44. The van der Waals surface area contributed by atoms with Crippen LogP contribution in [0.25, 0.3) is 11.1 Å². The average molecular weight is 278 g/mol. The standard InChI is InChI=1S/C18H18N2O/c1-3-12(2)19-18(21)20-16-10-6-8-14-11-13-7-4-5-9-15(13)17(14)16/h3-10H,11H2,1-2H3,(H2,19,20,21)/b12-3+. The number of allylic oxidation sites excluding steroid dienone is 2. The number of fused-ring (bicyclic) bond motifs is 3. The van der Waals surface area contributed by atoms with Crippen LogP contribution in [0.1, 0.15) is 25.0 Å². The van der Waals surface area contributed by atoms with Gasteiger partial charge in [-0.25, -0.2) is 4.79 Å². The van der Waals surface area contributed by atoms with E-state index in [0.717, 1.165) is 23.4 Å². The Hall–Kier alpha value is -2.55. The van der Waals surface area contributed by atoms with Crippen molar-refractivity contribution in [2.24, 2.45) is 0 Å². The van der Waals surface area contributed by atoms with Crippen LogP contribution in [-0.2, 0) is 6.42 Å². The second-order valence-electron chi connectivity index (χ2n) is 5.22. The Balaban J connectivity index is 1.93. The smallest absolute Gasteiger partial charge is 0.312 e. The predicted molar refractivity (Wildman–Crippen MR) is 86.3 cm³/mol. The quantitative estimate of drug-likeness (QED) is 0.721. The highest BCUT2D eigenvalue weighted by atomic mass is 16.2. The fourth-order valence-electron chi connectivity index (χ4n) is 2.70. The first-order valence-corrected chi connectivity index (χ1v) is 7.10. The van der Waals surface area contributed by atoms with Crippen LogP contribution >= 0.6 is 0 Å². The normalized spacial score (nSPS) is 12.6. The molecule has 0 aromatic heterocycles. The van der Waals surface area contributed by atoms with E-state index in [1.165, 1.54) is 16.7 Å². The van der Waals surface area contributed by atoms with Crippen LogP contribution in [0.2, 0.25) is 0 Å². The SMILES string of the molecule is C/C=C(\C)NC(=O)Nc1cccc2c1-c1ccccc1C2. The first kappa shape index (κ1) is 13.4. The second-order valence-corrected chi connectivity index (χ2v) is 5.22. The van der Waals surface area contributed by atoms with Gasteiger partial charge in [0.25, 0.3) is 0 Å². The number of hydrogen-bond acceptors (Lipinski definition) is 1. The summed E-state index contributed by atoms with van der Waals surface area (Å²) in [6.07, 6.45) is 2.79. The molecule has 106 valence electrons. The number of carbonyl (C=O) groups is 1. The molecule has 0 spiro atoms. The molecule has 0 atom stereocenters. The molecule has 0 saturated carbocycles. The van der Waals surface area contributed by atoms with Crippen LogP contribution in [0.3, 0.4) is 0 Å². The fraction of sp³-hybridized carbons (Fsp3) is 0.167. The first-order valence-electron chi connectivity index (χ1n) is 7.10. The van der Waals surface area contributed by atoms with E-state index >= 15 is 0 Å². The van der Waals surface area contributed by atoms with Crippen molar-refractivity contribution in [2.75, 3.05) is 5.32 Å². The van der Waals surface area contributed by atoms with Gasteiger partial charge in [0.05, 0.1) is 5.69 Å². The molecule has 0 aliphatic heterocycles. The van der Waals surface area contributed by atoms with E-state index in [2.05, 4.69) is 34.9 Å². The number of anilines is 1. The average Bonchev–Trinajstić information content (AvgIpc) is 2.86. The lowest BCUT2D eigenvalue weighted by Crippen LogP contribution is -2.27. The molecule has 1 aliphatic rings. The molecule has 3 heteroatoms. The van der Waals surface area contributed by atoms with Crippen molar-refractivity contribution in [3.05, 3.63) is 65.4 Å². The van der Waals surface area contributed by atoms with Crippen molar-refractivity contribution >= 4 is 11.7 Å². The minimum Gasteiger partial charge on any atom is -0.312 e. The summed E-state index contributed by atoms with van der Waals surface area (Å²) in [4.78, 5) is 12.0. The number of carbonyl (C=O) groups excluding carboxylic acids is 1. The lowest BCUT2D eigenvalue weighted by atomic mass is 10.0. The predicted octanol–water partition coefficient (Wildman–Crippen LogP) is 4.30. The Morgan fingerprint density at radius 3 is 2.67 bits per heavy atom. The molecule has 0 heterocycles. The number of benzene rings is 2. The maximum absolute atomic E-state index is 12.0. The molecule has 2 amide bonds. The van der Waals surface area contributed by atoms with E-state index in [1.807, 2.05) is 38.1 Å². The van der Waals surface area contributed by atoms with Crippen molar-refractivity contribution in [1.82, 2.24) is 5.32 Å². The largest absolute Gasteiger partial charge is 0.323 e. The summed E-state index contributed by atoms with van der Waals surface area (Å²) < 4.78 is 0. The van der Waals surface area contributed by atoms with Crippen LogP contribution < -0.4 is 10.6 Å². The summed E-state index contributed by atoms with van der Waals surface area (Å²) in [5.74, 6) is 0. The molecule has 1 aliphatic carbocycles. The number of hydrogen-bond donors (Lipinski definition) is 2. The number of urea groups is 1. The van der Waals surface area contributed by atoms with E-state index in [4.69, 9.17) is 0 Å². The van der Waals surface area contributed by atoms with E-state index in [0.29, 0.717) is 0 Å². The van der Waals surface area contributed by atoms with Gasteiger partial charge < -0.3 is 10.6 Å². The van der Waals surface area contributed by atoms with Gasteiger partial charge >= 0.3 is 6.03 Å². The molecule has 2 N–H and O–H groups in total. The molecule has 0 fully saturated rings. The molecule has 0 unspecified atom stereocenters. The summed E-state index contributed by atoms with van der Waals surface area (Å²) in [7, 11) is 0. The zero-order chi connectivity index (χ0) is 14.8. The molecule has 2 aromatic rings. The topological polar surface area (TPSA) is 41.1 Å². The maximum Gasteiger partial charge on any atom is 0.323 e.